The fourth-order valence-electron chi connectivity index (χ4n) is 2.03. The Kier molecular flexibility index (Phi) is 5.51. The van der Waals surface area contributed by atoms with Gasteiger partial charge in [-0.3, -0.25) is 0 Å². The Morgan fingerprint density at radius 3 is 2.43 bits per heavy atom. The molecule has 1 aromatic carbocycles. The molecule has 0 bridgehead atoms. The first kappa shape index (κ1) is 15.7. The lowest BCUT2D eigenvalue weighted by Gasteiger charge is -2.19. The van der Waals surface area contributed by atoms with Crippen LogP contribution in [0.1, 0.15) is 32.4 Å². The summed E-state index contributed by atoms with van der Waals surface area (Å²) in [6.45, 7) is 6.15. The zero-order valence-electron chi connectivity index (χ0n) is 13.0. The Balaban J connectivity index is 2.13. The van der Waals surface area contributed by atoms with E-state index in [2.05, 4.69) is 47.7 Å². The first-order chi connectivity index (χ1) is 10.1. The summed E-state index contributed by atoms with van der Waals surface area (Å²) in [5.74, 6) is 0.653. The minimum Gasteiger partial charge on any atom is -0.473 e. The molecule has 0 saturated heterocycles. The molecule has 21 heavy (non-hydrogen) atoms. The summed E-state index contributed by atoms with van der Waals surface area (Å²) in [6.07, 6.45) is 3.94. The zero-order valence-corrected chi connectivity index (χ0v) is 13.8. The zero-order chi connectivity index (χ0) is 15.2. The van der Waals surface area contributed by atoms with Crippen LogP contribution in [0.2, 0.25) is 0 Å². The third-order valence-corrected chi connectivity index (χ3v) is 3.85. The minimum atomic E-state index is 0.108. The van der Waals surface area contributed by atoms with Gasteiger partial charge >= 0.3 is 0 Å². The standard InChI is InChI=1S/C17H22N2OS/c1-12(2)20-17-16(6-5-11-18-17)19-13(3)14-7-9-15(21-4)10-8-14/h5-13,19H,1-4H3. The van der Waals surface area contributed by atoms with Gasteiger partial charge in [0.05, 0.1) is 11.8 Å². The van der Waals surface area contributed by atoms with Crippen LogP contribution >= 0.6 is 11.8 Å². The molecule has 0 fully saturated rings. The number of benzene rings is 1. The summed E-state index contributed by atoms with van der Waals surface area (Å²) in [6, 6.07) is 12.7. The number of nitrogens with zero attached hydrogens (tertiary/aromatic N) is 1. The Morgan fingerprint density at radius 2 is 1.81 bits per heavy atom. The number of pyridine rings is 1. The second-order valence-electron chi connectivity index (χ2n) is 5.16. The number of aromatic nitrogens is 1. The number of hydrogen-bond acceptors (Lipinski definition) is 4. The molecule has 0 radical (unpaired) electrons. The van der Waals surface area contributed by atoms with Crippen LogP contribution in [-0.2, 0) is 0 Å². The number of hydrogen-bond donors (Lipinski definition) is 1. The molecule has 1 atom stereocenters. The molecular formula is C17H22N2OS. The molecule has 2 aromatic rings. The highest BCUT2D eigenvalue weighted by atomic mass is 32.2. The van der Waals surface area contributed by atoms with Gasteiger partial charge in [-0.1, -0.05) is 12.1 Å². The first-order valence-corrected chi connectivity index (χ1v) is 8.34. The average molecular weight is 302 g/mol. The van der Waals surface area contributed by atoms with Gasteiger partial charge in [0.1, 0.15) is 0 Å². The van der Waals surface area contributed by atoms with Crippen LogP contribution in [0.25, 0.3) is 0 Å². The molecule has 3 nitrogen and oxygen atoms in total. The van der Waals surface area contributed by atoms with E-state index < -0.39 is 0 Å². The van der Waals surface area contributed by atoms with Gasteiger partial charge in [0, 0.05) is 17.1 Å². The quantitative estimate of drug-likeness (QED) is 0.780. The lowest BCUT2D eigenvalue weighted by molar-refractivity contribution is 0.234. The van der Waals surface area contributed by atoms with Gasteiger partial charge in [-0.05, 0) is 56.9 Å². The lowest BCUT2D eigenvalue weighted by Crippen LogP contribution is -2.12. The number of thioether (sulfide) groups is 1. The van der Waals surface area contributed by atoms with Crippen molar-refractivity contribution < 1.29 is 4.74 Å². The summed E-state index contributed by atoms with van der Waals surface area (Å²) < 4.78 is 5.74. The Bertz CT molecular complexity index is 569. The van der Waals surface area contributed by atoms with Crippen LogP contribution in [-0.4, -0.2) is 17.3 Å². The van der Waals surface area contributed by atoms with E-state index in [-0.39, 0.29) is 12.1 Å². The van der Waals surface area contributed by atoms with E-state index in [4.69, 9.17) is 4.74 Å². The molecular weight excluding hydrogens is 280 g/mol. The van der Waals surface area contributed by atoms with Crippen molar-refractivity contribution in [1.82, 2.24) is 4.98 Å². The maximum atomic E-state index is 5.74. The van der Waals surface area contributed by atoms with Crippen LogP contribution in [0.5, 0.6) is 5.88 Å². The maximum Gasteiger partial charge on any atom is 0.237 e. The van der Waals surface area contributed by atoms with Gasteiger partial charge in [0.25, 0.3) is 0 Å². The van der Waals surface area contributed by atoms with Gasteiger partial charge in [-0.15, -0.1) is 11.8 Å². The topological polar surface area (TPSA) is 34.2 Å². The van der Waals surface area contributed by atoms with Crippen molar-refractivity contribution in [3.05, 3.63) is 48.2 Å². The van der Waals surface area contributed by atoms with Crippen molar-refractivity contribution in [3.8, 4) is 5.88 Å². The fraction of sp³-hybridized carbons (Fsp3) is 0.353. The third kappa shape index (κ3) is 4.39. The van der Waals surface area contributed by atoms with Crippen molar-refractivity contribution in [3.63, 3.8) is 0 Å². The molecule has 0 aliphatic heterocycles. The van der Waals surface area contributed by atoms with E-state index in [0.29, 0.717) is 5.88 Å². The lowest BCUT2D eigenvalue weighted by atomic mass is 10.1. The molecule has 0 saturated carbocycles. The molecule has 0 amide bonds. The summed E-state index contributed by atoms with van der Waals surface area (Å²) >= 11 is 1.75. The number of rotatable bonds is 6. The maximum absolute atomic E-state index is 5.74. The van der Waals surface area contributed by atoms with Crippen LogP contribution in [0, 0.1) is 0 Å². The SMILES string of the molecule is CSc1ccc(C(C)Nc2cccnc2OC(C)C)cc1. The minimum absolute atomic E-state index is 0.108. The van der Waals surface area contributed by atoms with E-state index in [1.54, 1.807) is 18.0 Å². The molecule has 1 unspecified atom stereocenters. The summed E-state index contributed by atoms with van der Waals surface area (Å²) in [7, 11) is 0. The highest BCUT2D eigenvalue weighted by molar-refractivity contribution is 7.98. The van der Waals surface area contributed by atoms with E-state index in [0.717, 1.165) is 5.69 Å². The molecule has 0 spiro atoms. The van der Waals surface area contributed by atoms with Crippen LogP contribution in [0.3, 0.4) is 0 Å². The number of ether oxygens (including phenoxy) is 1. The highest BCUT2D eigenvalue weighted by Crippen LogP contribution is 2.27. The van der Waals surface area contributed by atoms with Gasteiger partial charge in [-0.25, -0.2) is 4.98 Å². The van der Waals surface area contributed by atoms with Crippen molar-refractivity contribution in [2.24, 2.45) is 0 Å². The van der Waals surface area contributed by atoms with Crippen molar-refractivity contribution >= 4 is 17.4 Å². The summed E-state index contributed by atoms with van der Waals surface area (Å²) in [4.78, 5) is 5.58. The number of nitrogens with one attached hydrogen (secondary N) is 1. The smallest absolute Gasteiger partial charge is 0.237 e. The van der Waals surface area contributed by atoms with Crippen molar-refractivity contribution in [2.45, 2.75) is 37.8 Å². The highest BCUT2D eigenvalue weighted by Gasteiger charge is 2.11. The van der Waals surface area contributed by atoms with Crippen molar-refractivity contribution in [2.75, 3.05) is 11.6 Å². The molecule has 1 aromatic heterocycles. The third-order valence-electron chi connectivity index (χ3n) is 3.11. The second-order valence-corrected chi connectivity index (χ2v) is 6.04. The average Bonchev–Trinajstić information content (AvgIpc) is 2.49. The van der Waals surface area contributed by atoms with Gasteiger partial charge in [0.2, 0.25) is 5.88 Å². The summed E-state index contributed by atoms with van der Waals surface area (Å²) in [5.41, 5.74) is 2.17. The van der Waals surface area contributed by atoms with Gasteiger partial charge < -0.3 is 10.1 Å². The molecule has 0 aliphatic rings. The van der Waals surface area contributed by atoms with Gasteiger partial charge in [0.15, 0.2) is 0 Å². The normalized spacial score (nSPS) is 12.2. The first-order valence-electron chi connectivity index (χ1n) is 7.12. The van der Waals surface area contributed by atoms with E-state index in [9.17, 15) is 0 Å². The monoisotopic (exact) mass is 302 g/mol. The van der Waals surface area contributed by atoms with Crippen LogP contribution < -0.4 is 10.1 Å². The van der Waals surface area contributed by atoms with Gasteiger partial charge in [-0.2, -0.15) is 0 Å². The molecule has 1 heterocycles. The molecule has 0 aliphatic carbocycles. The number of anilines is 1. The van der Waals surface area contributed by atoms with E-state index >= 15 is 0 Å². The fourth-order valence-corrected chi connectivity index (χ4v) is 2.44. The predicted molar refractivity (Wildman–Crippen MR) is 90.3 cm³/mol. The largest absolute Gasteiger partial charge is 0.473 e. The molecule has 4 heteroatoms. The summed E-state index contributed by atoms with van der Waals surface area (Å²) in [5, 5.41) is 3.48. The van der Waals surface area contributed by atoms with Crippen LogP contribution in [0.4, 0.5) is 5.69 Å². The molecule has 1 N–H and O–H groups in total. The molecule has 112 valence electrons. The van der Waals surface area contributed by atoms with E-state index in [1.165, 1.54) is 10.5 Å². The second kappa shape index (κ2) is 7.36. The van der Waals surface area contributed by atoms with E-state index in [1.807, 2.05) is 26.0 Å². The Hall–Kier alpha value is -1.68. The van der Waals surface area contributed by atoms with Crippen LogP contribution in [0.15, 0.2) is 47.5 Å². The Labute approximate surface area is 131 Å². The Morgan fingerprint density at radius 1 is 1.10 bits per heavy atom. The van der Waals surface area contributed by atoms with Crippen molar-refractivity contribution in [1.29, 1.82) is 0 Å². The molecule has 2 rings (SSSR count). The predicted octanol–water partition coefficient (Wildman–Crippen LogP) is 4.76.